The maximum absolute atomic E-state index is 13.1. The molecule has 0 aromatic carbocycles. The molecular formula is C6H12F2N2O2S. The quantitative estimate of drug-likeness (QED) is 0.653. The zero-order chi connectivity index (χ0) is 10.3. The zero-order valence-electron chi connectivity index (χ0n) is 7.39. The van der Waals surface area contributed by atoms with Crippen molar-refractivity contribution in [1.29, 1.82) is 0 Å². The van der Waals surface area contributed by atoms with Gasteiger partial charge in [-0.2, -0.15) is 0 Å². The van der Waals surface area contributed by atoms with Crippen LogP contribution >= 0.6 is 0 Å². The van der Waals surface area contributed by atoms with Gasteiger partial charge in [0.2, 0.25) is 10.0 Å². The van der Waals surface area contributed by atoms with Crippen molar-refractivity contribution in [2.75, 3.05) is 19.3 Å². The predicted octanol–water partition coefficient (Wildman–Crippen LogP) is -0.467. The lowest BCUT2D eigenvalue weighted by atomic mass is 9.99. The van der Waals surface area contributed by atoms with Crippen molar-refractivity contribution in [3.8, 4) is 0 Å². The molecule has 4 nitrogen and oxygen atoms in total. The Morgan fingerprint density at radius 1 is 1.38 bits per heavy atom. The highest BCUT2D eigenvalue weighted by Crippen LogP contribution is 2.32. The lowest BCUT2D eigenvalue weighted by Crippen LogP contribution is -2.57. The van der Waals surface area contributed by atoms with Crippen LogP contribution in [-0.4, -0.2) is 39.2 Å². The van der Waals surface area contributed by atoms with Gasteiger partial charge in [-0.15, -0.1) is 0 Å². The van der Waals surface area contributed by atoms with Crippen molar-refractivity contribution >= 4 is 10.0 Å². The van der Waals surface area contributed by atoms with Crippen LogP contribution in [0.5, 0.6) is 0 Å². The van der Waals surface area contributed by atoms with Crippen LogP contribution in [0.15, 0.2) is 0 Å². The second-order valence-electron chi connectivity index (χ2n) is 3.51. The molecule has 1 rings (SSSR count). The van der Waals surface area contributed by atoms with Gasteiger partial charge in [-0.3, -0.25) is 0 Å². The first-order valence-electron chi connectivity index (χ1n) is 3.74. The van der Waals surface area contributed by atoms with E-state index in [1.807, 2.05) is 4.72 Å². The van der Waals surface area contributed by atoms with E-state index >= 15 is 0 Å². The molecule has 13 heavy (non-hydrogen) atoms. The summed E-state index contributed by atoms with van der Waals surface area (Å²) in [6.07, 6.45) is 0.868. The molecule has 1 atom stereocenters. The molecule has 1 aliphatic heterocycles. The van der Waals surface area contributed by atoms with Gasteiger partial charge in [0.25, 0.3) is 5.92 Å². The van der Waals surface area contributed by atoms with Crippen LogP contribution in [-0.2, 0) is 10.0 Å². The molecule has 1 aliphatic rings. The molecule has 0 aromatic rings. The summed E-state index contributed by atoms with van der Waals surface area (Å²) >= 11 is 0. The predicted molar refractivity (Wildman–Crippen MR) is 44.2 cm³/mol. The number of hydrogen-bond donors (Lipinski definition) is 2. The summed E-state index contributed by atoms with van der Waals surface area (Å²) in [5.74, 6) is -3.05. The van der Waals surface area contributed by atoms with Crippen LogP contribution in [0.4, 0.5) is 8.78 Å². The topological polar surface area (TPSA) is 58.2 Å². The van der Waals surface area contributed by atoms with Crippen LogP contribution in [0.3, 0.4) is 0 Å². The third kappa shape index (κ3) is 2.15. The molecule has 1 heterocycles. The van der Waals surface area contributed by atoms with Crippen molar-refractivity contribution in [1.82, 2.24) is 10.0 Å². The molecule has 1 fully saturated rings. The van der Waals surface area contributed by atoms with Gasteiger partial charge in [-0.1, -0.05) is 0 Å². The van der Waals surface area contributed by atoms with Gasteiger partial charge in [0, 0.05) is 6.54 Å². The standard InChI is InChI=1S/C6H12F2N2O2S/c1-5(10-13(2,11)12)3-9-4-6(5,7)8/h9-10H,3-4H2,1-2H3. The van der Waals surface area contributed by atoms with Gasteiger partial charge in [0.05, 0.1) is 12.8 Å². The van der Waals surface area contributed by atoms with Crippen LogP contribution in [0.2, 0.25) is 0 Å². The lowest BCUT2D eigenvalue weighted by molar-refractivity contribution is -0.0369. The Morgan fingerprint density at radius 3 is 2.23 bits per heavy atom. The van der Waals surface area contributed by atoms with Crippen molar-refractivity contribution in [2.24, 2.45) is 0 Å². The highest BCUT2D eigenvalue weighted by atomic mass is 32.2. The van der Waals surface area contributed by atoms with Crippen molar-refractivity contribution < 1.29 is 17.2 Å². The number of sulfonamides is 1. The van der Waals surface area contributed by atoms with Gasteiger partial charge in [0.15, 0.2) is 0 Å². The van der Waals surface area contributed by atoms with E-state index in [-0.39, 0.29) is 6.54 Å². The van der Waals surface area contributed by atoms with Crippen molar-refractivity contribution in [3.63, 3.8) is 0 Å². The number of alkyl halides is 2. The van der Waals surface area contributed by atoms with Gasteiger partial charge < -0.3 is 5.32 Å². The molecular weight excluding hydrogens is 202 g/mol. The second kappa shape index (κ2) is 2.86. The number of rotatable bonds is 2. The SMILES string of the molecule is CC1(NS(C)(=O)=O)CNCC1(F)F. The fraction of sp³-hybridized carbons (Fsp3) is 1.00. The third-order valence-corrected chi connectivity index (χ3v) is 2.86. The Labute approximate surface area is 75.7 Å². The van der Waals surface area contributed by atoms with Gasteiger partial charge in [-0.05, 0) is 6.92 Å². The highest BCUT2D eigenvalue weighted by molar-refractivity contribution is 7.88. The van der Waals surface area contributed by atoms with Gasteiger partial charge in [0.1, 0.15) is 5.54 Å². The Morgan fingerprint density at radius 2 is 1.92 bits per heavy atom. The molecule has 78 valence electrons. The number of nitrogens with one attached hydrogen (secondary N) is 2. The molecule has 0 bridgehead atoms. The molecule has 0 aromatic heterocycles. The largest absolute Gasteiger partial charge is 0.309 e. The summed E-state index contributed by atoms with van der Waals surface area (Å²) in [6, 6.07) is 0. The van der Waals surface area contributed by atoms with E-state index in [4.69, 9.17) is 0 Å². The highest BCUT2D eigenvalue weighted by Gasteiger charge is 2.55. The van der Waals surface area contributed by atoms with E-state index in [0.29, 0.717) is 0 Å². The fourth-order valence-electron chi connectivity index (χ4n) is 1.31. The molecule has 7 heteroatoms. The number of hydrogen-bond acceptors (Lipinski definition) is 3. The normalized spacial score (nSPS) is 33.5. The first kappa shape index (κ1) is 10.8. The van der Waals surface area contributed by atoms with E-state index in [1.54, 1.807) is 0 Å². The van der Waals surface area contributed by atoms with Gasteiger partial charge >= 0.3 is 0 Å². The molecule has 2 N–H and O–H groups in total. The number of halogens is 2. The van der Waals surface area contributed by atoms with Gasteiger partial charge in [-0.25, -0.2) is 21.9 Å². The molecule has 0 amide bonds. The first-order valence-corrected chi connectivity index (χ1v) is 5.63. The van der Waals surface area contributed by atoms with E-state index in [9.17, 15) is 17.2 Å². The van der Waals surface area contributed by atoms with Crippen LogP contribution < -0.4 is 10.0 Å². The molecule has 1 saturated heterocycles. The molecule has 0 radical (unpaired) electrons. The van der Waals surface area contributed by atoms with Crippen LogP contribution in [0, 0.1) is 0 Å². The summed E-state index contributed by atoms with van der Waals surface area (Å²) in [4.78, 5) is 0. The monoisotopic (exact) mass is 214 g/mol. The van der Waals surface area contributed by atoms with E-state index in [1.165, 1.54) is 6.92 Å². The lowest BCUT2D eigenvalue weighted by Gasteiger charge is -2.29. The minimum absolute atomic E-state index is 0.0624. The van der Waals surface area contributed by atoms with E-state index < -0.39 is 28.0 Å². The average Bonchev–Trinajstić information content (AvgIpc) is 2.02. The second-order valence-corrected chi connectivity index (χ2v) is 5.26. The summed E-state index contributed by atoms with van der Waals surface area (Å²) in [5.41, 5.74) is -1.71. The summed E-state index contributed by atoms with van der Waals surface area (Å²) < 4.78 is 49.8. The summed E-state index contributed by atoms with van der Waals surface area (Å²) in [6.45, 7) is 0.632. The smallest absolute Gasteiger partial charge is 0.279 e. The molecule has 0 saturated carbocycles. The van der Waals surface area contributed by atoms with Crippen molar-refractivity contribution in [2.45, 2.75) is 18.4 Å². The molecule has 0 aliphatic carbocycles. The first-order chi connectivity index (χ1) is 5.66. The van der Waals surface area contributed by atoms with Crippen molar-refractivity contribution in [3.05, 3.63) is 0 Å². The summed E-state index contributed by atoms with van der Waals surface area (Å²) in [7, 11) is -3.61. The Bertz CT molecular complexity index is 304. The van der Waals surface area contributed by atoms with E-state index in [2.05, 4.69) is 5.32 Å². The Kier molecular flexibility index (Phi) is 2.38. The van der Waals surface area contributed by atoms with Crippen LogP contribution in [0.1, 0.15) is 6.92 Å². The Balaban J connectivity index is 2.89. The molecule has 0 spiro atoms. The summed E-state index contributed by atoms with van der Waals surface area (Å²) in [5, 5.41) is 2.45. The maximum Gasteiger partial charge on any atom is 0.279 e. The minimum Gasteiger partial charge on any atom is -0.309 e. The van der Waals surface area contributed by atoms with Crippen LogP contribution in [0.25, 0.3) is 0 Å². The minimum atomic E-state index is -3.61. The maximum atomic E-state index is 13.1. The third-order valence-electron chi connectivity index (χ3n) is 2.04. The van der Waals surface area contributed by atoms with E-state index in [0.717, 1.165) is 6.26 Å². The molecule has 1 unspecified atom stereocenters. The zero-order valence-corrected chi connectivity index (χ0v) is 8.21. The fourth-order valence-corrected chi connectivity index (χ4v) is 2.35. The Hall–Kier alpha value is -0.270. The average molecular weight is 214 g/mol.